The Hall–Kier alpha value is -4.46. The Kier molecular flexibility index (Phi) is 6.25. The maximum atomic E-state index is 15.2. The van der Waals surface area contributed by atoms with Gasteiger partial charge < -0.3 is 0 Å². The van der Waals surface area contributed by atoms with Crippen LogP contribution in [0.3, 0.4) is 0 Å². The summed E-state index contributed by atoms with van der Waals surface area (Å²) in [6.07, 6.45) is 1.32. The van der Waals surface area contributed by atoms with Gasteiger partial charge in [0.25, 0.3) is 0 Å². The van der Waals surface area contributed by atoms with Gasteiger partial charge in [-0.2, -0.15) is 5.10 Å². The second kappa shape index (κ2) is 9.54. The number of sulfonamides is 1. The molecule has 2 N–H and O–H groups in total. The molecule has 0 amide bonds. The van der Waals surface area contributed by atoms with Crippen LogP contribution in [0, 0.1) is 11.6 Å². The van der Waals surface area contributed by atoms with E-state index in [0.29, 0.717) is 10.9 Å². The third-order valence-electron chi connectivity index (χ3n) is 5.61. The summed E-state index contributed by atoms with van der Waals surface area (Å²) < 4.78 is 55.5. The molecule has 0 fully saturated rings. The molecule has 1 aliphatic heterocycles. The van der Waals surface area contributed by atoms with Gasteiger partial charge in [-0.15, -0.1) is 10.2 Å². The highest BCUT2D eigenvalue weighted by Gasteiger charge is 2.25. The van der Waals surface area contributed by atoms with Crippen molar-refractivity contribution in [1.29, 1.82) is 0 Å². The van der Waals surface area contributed by atoms with Crippen LogP contribution in [0.2, 0.25) is 0 Å². The standard InChI is InChI=1S/C23H18F2N8O3S/c1-2-9-37(35,36)31-20-17(24)8-7-15(18(20)25)21(34)19-16-10-14(11-26-23(16)28-27-19)12-3-5-13(6-4-12)22-29-32-33-30-22/h3-8,10-11,22,31H,2,9H2,1H3,(H,26,27,28). The van der Waals surface area contributed by atoms with Gasteiger partial charge in [0.15, 0.2) is 11.5 Å². The summed E-state index contributed by atoms with van der Waals surface area (Å²) in [4.78, 5) is 17.5. The molecule has 0 bridgehead atoms. The van der Waals surface area contributed by atoms with Gasteiger partial charge >= 0.3 is 0 Å². The first-order valence-electron chi connectivity index (χ1n) is 11.0. The van der Waals surface area contributed by atoms with Crippen molar-refractivity contribution in [3.63, 3.8) is 0 Å². The molecular formula is C23H18F2N8O3S. The number of ketones is 1. The van der Waals surface area contributed by atoms with Crippen LogP contribution in [0.4, 0.5) is 14.5 Å². The van der Waals surface area contributed by atoms with E-state index >= 15 is 4.39 Å². The first-order chi connectivity index (χ1) is 17.8. The molecule has 0 saturated carbocycles. The number of carbonyl (C=O) groups excluding carboxylic acids is 1. The fraction of sp³-hybridized carbons (Fsp3) is 0.174. The predicted molar refractivity (Wildman–Crippen MR) is 129 cm³/mol. The summed E-state index contributed by atoms with van der Waals surface area (Å²) in [5, 5.41) is 21.6. The molecule has 0 spiro atoms. The third-order valence-corrected chi connectivity index (χ3v) is 7.07. The molecule has 2 aromatic heterocycles. The molecule has 37 heavy (non-hydrogen) atoms. The molecule has 0 aliphatic carbocycles. The quantitative estimate of drug-likeness (QED) is 0.306. The summed E-state index contributed by atoms with van der Waals surface area (Å²) >= 11 is 0. The number of aromatic amines is 1. The number of fused-ring (bicyclic) bond motifs is 1. The van der Waals surface area contributed by atoms with Crippen LogP contribution in [0.5, 0.6) is 0 Å². The SMILES string of the molecule is CCCS(=O)(=O)Nc1c(F)ccc(C(=O)c2[nH]nc3ncc(-c4ccc(C5N=NN=N5)cc4)cc23)c1F. The molecule has 5 rings (SSSR count). The van der Waals surface area contributed by atoms with Crippen LogP contribution < -0.4 is 4.72 Å². The summed E-state index contributed by atoms with van der Waals surface area (Å²) in [6, 6.07) is 10.7. The molecule has 0 saturated heterocycles. The Labute approximate surface area is 208 Å². The topological polar surface area (TPSA) is 154 Å². The predicted octanol–water partition coefficient (Wildman–Crippen LogP) is 5.12. The molecule has 4 aromatic rings. The molecule has 188 valence electrons. The van der Waals surface area contributed by atoms with E-state index in [1.54, 1.807) is 19.2 Å². The lowest BCUT2D eigenvalue weighted by Crippen LogP contribution is -2.19. The highest BCUT2D eigenvalue weighted by molar-refractivity contribution is 7.92. The smallest absolute Gasteiger partial charge is 0.232 e. The number of rotatable bonds is 8. The number of nitrogens with one attached hydrogen (secondary N) is 2. The molecule has 0 radical (unpaired) electrons. The van der Waals surface area contributed by atoms with Gasteiger partial charge in [-0.25, -0.2) is 22.2 Å². The van der Waals surface area contributed by atoms with Gasteiger partial charge in [0, 0.05) is 17.3 Å². The molecule has 1 aliphatic rings. The van der Waals surface area contributed by atoms with E-state index in [9.17, 15) is 17.6 Å². The van der Waals surface area contributed by atoms with Gasteiger partial charge in [0.2, 0.25) is 22.0 Å². The number of aromatic nitrogens is 3. The van der Waals surface area contributed by atoms with Crippen molar-refractivity contribution in [2.75, 3.05) is 10.5 Å². The minimum absolute atomic E-state index is 0.0828. The zero-order valence-corrected chi connectivity index (χ0v) is 20.0. The van der Waals surface area contributed by atoms with Crippen molar-refractivity contribution in [1.82, 2.24) is 15.2 Å². The maximum Gasteiger partial charge on any atom is 0.232 e. The van der Waals surface area contributed by atoms with Crippen LogP contribution >= 0.6 is 0 Å². The normalized spacial score (nSPS) is 13.5. The molecular weight excluding hydrogens is 506 g/mol. The first-order valence-corrected chi connectivity index (χ1v) is 12.7. The monoisotopic (exact) mass is 524 g/mol. The third kappa shape index (κ3) is 4.70. The van der Waals surface area contributed by atoms with Crippen LogP contribution in [0.1, 0.15) is 41.1 Å². The Morgan fingerprint density at radius 3 is 2.49 bits per heavy atom. The highest BCUT2D eigenvalue weighted by atomic mass is 32.2. The first kappa shape index (κ1) is 24.2. The largest absolute Gasteiger partial charge is 0.287 e. The van der Waals surface area contributed by atoms with Crippen molar-refractivity contribution in [2.24, 2.45) is 20.7 Å². The van der Waals surface area contributed by atoms with E-state index in [0.717, 1.165) is 23.3 Å². The van der Waals surface area contributed by atoms with E-state index < -0.39 is 44.9 Å². The lowest BCUT2D eigenvalue weighted by atomic mass is 10.0. The number of H-pyrrole nitrogens is 1. The zero-order chi connectivity index (χ0) is 26.2. The molecule has 2 aromatic carbocycles. The van der Waals surface area contributed by atoms with Gasteiger partial charge in [0.1, 0.15) is 17.2 Å². The Morgan fingerprint density at radius 1 is 1.05 bits per heavy atom. The van der Waals surface area contributed by atoms with Gasteiger partial charge in [0.05, 0.1) is 16.7 Å². The average molecular weight is 525 g/mol. The minimum atomic E-state index is -4.00. The zero-order valence-electron chi connectivity index (χ0n) is 19.2. The van der Waals surface area contributed by atoms with Crippen LogP contribution in [-0.2, 0) is 10.0 Å². The molecule has 0 atom stereocenters. The van der Waals surface area contributed by atoms with Gasteiger partial charge in [-0.3, -0.25) is 14.6 Å². The number of benzene rings is 2. The number of halogens is 2. The summed E-state index contributed by atoms with van der Waals surface area (Å²) in [6.45, 7) is 1.61. The average Bonchev–Trinajstić information content (AvgIpc) is 3.56. The number of hydrogen-bond acceptors (Lipinski definition) is 9. The van der Waals surface area contributed by atoms with Crippen molar-refractivity contribution in [3.05, 3.63) is 77.1 Å². The summed E-state index contributed by atoms with van der Waals surface area (Å²) in [5.41, 5.74) is 0.891. The second-order valence-corrected chi connectivity index (χ2v) is 9.98. The number of nitrogens with zero attached hydrogens (tertiary/aromatic N) is 6. The van der Waals surface area contributed by atoms with E-state index in [2.05, 4.69) is 35.9 Å². The Bertz CT molecular complexity index is 1670. The molecule has 3 heterocycles. The van der Waals surface area contributed by atoms with Crippen LogP contribution in [-0.4, -0.2) is 35.1 Å². The lowest BCUT2D eigenvalue weighted by molar-refractivity contribution is 0.103. The number of anilines is 1. The molecule has 0 unspecified atom stereocenters. The number of carbonyl (C=O) groups is 1. The number of hydrogen-bond donors (Lipinski definition) is 2. The minimum Gasteiger partial charge on any atom is -0.287 e. The molecule has 11 nitrogen and oxygen atoms in total. The van der Waals surface area contributed by atoms with Crippen molar-refractivity contribution < 1.29 is 22.0 Å². The van der Waals surface area contributed by atoms with Gasteiger partial charge in [-0.05, 0) is 40.6 Å². The van der Waals surface area contributed by atoms with E-state index in [-0.39, 0.29) is 23.5 Å². The Morgan fingerprint density at radius 2 is 1.78 bits per heavy atom. The van der Waals surface area contributed by atoms with E-state index in [1.165, 1.54) is 0 Å². The lowest BCUT2D eigenvalue weighted by Gasteiger charge is -2.11. The summed E-state index contributed by atoms with van der Waals surface area (Å²) in [7, 11) is -4.00. The van der Waals surface area contributed by atoms with Crippen molar-refractivity contribution in [3.8, 4) is 11.1 Å². The fourth-order valence-corrected chi connectivity index (χ4v) is 4.95. The van der Waals surface area contributed by atoms with Crippen LogP contribution in [0.25, 0.3) is 22.2 Å². The van der Waals surface area contributed by atoms with Crippen LogP contribution in [0.15, 0.2) is 69.3 Å². The Balaban J connectivity index is 1.49. The van der Waals surface area contributed by atoms with E-state index in [1.807, 2.05) is 29.0 Å². The van der Waals surface area contributed by atoms with Gasteiger partial charge in [-0.1, -0.05) is 31.2 Å². The highest BCUT2D eigenvalue weighted by Crippen LogP contribution is 2.30. The number of pyridine rings is 1. The maximum absolute atomic E-state index is 15.2. The molecule has 14 heteroatoms. The van der Waals surface area contributed by atoms with E-state index in [4.69, 9.17) is 0 Å². The summed E-state index contributed by atoms with van der Waals surface area (Å²) in [5.74, 6) is -3.65. The van der Waals surface area contributed by atoms with Crippen molar-refractivity contribution in [2.45, 2.75) is 19.5 Å². The van der Waals surface area contributed by atoms with Crippen molar-refractivity contribution >= 4 is 32.5 Å². The second-order valence-electron chi connectivity index (χ2n) is 8.13. The fourth-order valence-electron chi connectivity index (χ4n) is 3.81.